The third-order valence-corrected chi connectivity index (χ3v) is 3.71. The van der Waals surface area contributed by atoms with Gasteiger partial charge in [-0.1, -0.05) is 6.07 Å². The average Bonchev–Trinajstić information content (AvgIpc) is 2.70. The maximum absolute atomic E-state index is 12.4. The lowest BCUT2D eigenvalue weighted by Gasteiger charge is -2.17. The highest BCUT2D eigenvalue weighted by molar-refractivity contribution is 6.01. The minimum Gasteiger partial charge on any atom is -0.490 e. The fourth-order valence-corrected chi connectivity index (χ4v) is 2.60. The Hall–Kier alpha value is -3.42. The standard InChI is InChI=1S/C21H26N2O6/c1-5-27-17-12-16(13-18(28-6-2)19(17)29-7-3)23-21(25)22-15-10-8-9-14(11-15)20(24)26-4/h8-13H,5-7H2,1-4H3,(H2,22,23,25). The zero-order chi connectivity index (χ0) is 21.2. The number of anilines is 2. The molecule has 8 heteroatoms. The van der Waals surface area contributed by atoms with Crippen molar-refractivity contribution in [3.05, 3.63) is 42.0 Å². The molecule has 0 bridgehead atoms. The number of rotatable bonds is 9. The molecule has 0 saturated carbocycles. The number of amides is 2. The van der Waals surface area contributed by atoms with E-state index < -0.39 is 12.0 Å². The fourth-order valence-electron chi connectivity index (χ4n) is 2.60. The average molecular weight is 402 g/mol. The summed E-state index contributed by atoms with van der Waals surface area (Å²) in [5.74, 6) is 0.961. The van der Waals surface area contributed by atoms with Crippen molar-refractivity contribution in [3.8, 4) is 17.2 Å². The summed E-state index contributed by atoms with van der Waals surface area (Å²) in [6, 6.07) is 9.30. The summed E-state index contributed by atoms with van der Waals surface area (Å²) in [7, 11) is 1.30. The van der Waals surface area contributed by atoms with Gasteiger partial charge in [0.15, 0.2) is 11.5 Å². The Labute approximate surface area is 170 Å². The van der Waals surface area contributed by atoms with Crippen molar-refractivity contribution in [1.82, 2.24) is 0 Å². The summed E-state index contributed by atoms with van der Waals surface area (Å²) in [4.78, 5) is 24.1. The molecule has 0 aliphatic heterocycles. The van der Waals surface area contributed by atoms with Crippen LogP contribution in [0, 0.1) is 0 Å². The summed E-state index contributed by atoms with van der Waals surface area (Å²) < 4.78 is 21.6. The Morgan fingerprint density at radius 1 is 0.828 bits per heavy atom. The Morgan fingerprint density at radius 2 is 1.41 bits per heavy atom. The van der Waals surface area contributed by atoms with Crippen molar-refractivity contribution in [1.29, 1.82) is 0 Å². The van der Waals surface area contributed by atoms with Crippen LogP contribution in [-0.2, 0) is 4.74 Å². The van der Waals surface area contributed by atoms with Gasteiger partial charge >= 0.3 is 12.0 Å². The number of urea groups is 1. The lowest BCUT2D eigenvalue weighted by atomic mass is 10.2. The summed E-state index contributed by atoms with van der Waals surface area (Å²) in [6.07, 6.45) is 0. The molecule has 2 aromatic carbocycles. The molecule has 156 valence electrons. The van der Waals surface area contributed by atoms with Gasteiger partial charge in [-0.25, -0.2) is 9.59 Å². The van der Waals surface area contributed by atoms with Crippen LogP contribution in [0.2, 0.25) is 0 Å². The van der Waals surface area contributed by atoms with Crippen molar-refractivity contribution in [2.45, 2.75) is 20.8 Å². The molecule has 0 aliphatic rings. The van der Waals surface area contributed by atoms with Crippen molar-refractivity contribution >= 4 is 23.4 Å². The molecule has 0 unspecified atom stereocenters. The molecule has 2 aromatic rings. The van der Waals surface area contributed by atoms with E-state index in [2.05, 4.69) is 15.4 Å². The first-order chi connectivity index (χ1) is 14.0. The smallest absolute Gasteiger partial charge is 0.337 e. The van der Waals surface area contributed by atoms with E-state index in [1.807, 2.05) is 20.8 Å². The highest BCUT2D eigenvalue weighted by Crippen LogP contribution is 2.40. The van der Waals surface area contributed by atoms with Crippen LogP contribution >= 0.6 is 0 Å². The van der Waals surface area contributed by atoms with Crippen LogP contribution in [0.4, 0.5) is 16.2 Å². The molecule has 29 heavy (non-hydrogen) atoms. The molecule has 0 fully saturated rings. The van der Waals surface area contributed by atoms with E-state index in [4.69, 9.17) is 14.2 Å². The zero-order valence-corrected chi connectivity index (χ0v) is 17.0. The number of ether oxygens (including phenoxy) is 4. The van der Waals surface area contributed by atoms with Gasteiger partial charge in [-0.2, -0.15) is 0 Å². The SMILES string of the molecule is CCOc1cc(NC(=O)Nc2cccc(C(=O)OC)c2)cc(OCC)c1OCC. The lowest BCUT2D eigenvalue weighted by Crippen LogP contribution is -2.20. The van der Waals surface area contributed by atoms with E-state index in [0.29, 0.717) is 54.0 Å². The van der Waals surface area contributed by atoms with Gasteiger partial charge in [0.05, 0.1) is 38.2 Å². The van der Waals surface area contributed by atoms with E-state index >= 15 is 0 Å². The van der Waals surface area contributed by atoms with Crippen molar-refractivity contribution in [3.63, 3.8) is 0 Å². The Bertz CT molecular complexity index is 826. The molecule has 0 radical (unpaired) electrons. The predicted octanol–water partition coefficient (Wildman–Crippen LogP) is 4.31. The van der Waals surface area contributed by atoms with Gasteiger partial charge < -0.3 is 29.6 Å². The molecule has 2 rings (SSSR count). The Balaban J connectivity index is 2.21. The molecule has 8 nitrogen and oxygen atoms in total. The van der Waals surface area contributed by atoms with Crippen LogP contribution in [-0.4, -0.2) is 38.9 Å². The number of hydrogen-bond donors (Lipinski definition) is 2. The number of nitrogens with one attached hydrogen (secondary N) is 2. The van der Waals surface area contributed by atoms with Crippen LogP contribution in [0.3, 0.4) is 0 Å². The normalized spacial score (nSPS) is 10.1. The topological polar surface area (TPSA) is 95.1 Å². The minimum atomic E-state index is -0.485. The summed E-state index contributed by atoms with van der Waals surface area (Å²) in [5.41, 5.74) is 1.26. The highest BCUT2D eigenvalue weighted by atomic mass is 16.5. The van der Waals surface area contributed by atoms with Gasteiger partial charge in [-0.15, -0.1) is 0 Å². The molecule has 2 amide bonds. The number of carbonyl (C=O) groups excluding carboxylic acids is 2. The molecule has 0 aliphatic carbocycles. The van der Waals surface area contributed by atoms with Gasteiger partial charge in [0.2, 0.25) is 5.75 Å². The second kappa shape index (κ2) is 10.8. The zero-order valence-electron chi connectivity index (χ0n) is 17.0. The van der Waals surface area contributed by atoms with E-state index in [0.717, 1.165) is 0 Å². The number of carbonyl (C=O) groups is 2. The molecular weight excluding hydrogens is 376 g/mol. The van der Waals surface area contributed by atoms with Gasteiger partial charge in [0, 0.05) is 17.8 Å². The van der Waals surface area contributed by atoms with Crippen LogP contribution in [0.5, 0.6) is 17.2 Å². The largest absolute Gasteiger partial charge is 0.490 e. The third kappa shape index (κ3) is 6.03. The number of methoxy groups -OCH3 is 1. The van der Waals surface area contributed by atoms with Crippen LogP contribution in [0.25, 0.3) is 0 Å². The summed E-state index contributed by atoms with van der Waals surface area (Å²) in [5, 5.41) is 5.42. The molecule has 2 N–H and O–H groups in total. The van der Waals surface area contributed by atoms with Gasteiger partial charge in [-0.3, -0.25) is 0 Å². The molecule has 0 heterocycles. The molecular formula is C21H26N2O6. The Morgan fingerprint density at radius 3 is 1.97 bits per heavy atom. The minimum absolute atomic E-state index is 0.337. The highest BCUT2D eigenvalue weighted by Gasteiger charge is 2.16. The summed E-state index contributed by atoms with van der Waals surface area (Å²) >= 11 is 0. The lowest BCUT2D eigenvalue weighted by molar-refractivity contribution is 0.0600. The van der Waals surface area contributed by atoms with E-state index in [1.54, 1.807) is 30.3 Å². The molecule has 0 saturated heterocycles. The van der Waals surface area contributed by atoms with Crippen LogP contribution in [0.15, 0.2) is 36.4 Å². The predicted molar refractivity (Wildman–Crippen MR) is 110 cm³/mol. The monoisotopic (exact) mass is 402 g/mol. The van der Waals surface area contributed by atoms with Gasteiger partial charge in [-0.05, 0) is 39.0 Å². The molecule has 0 atom stereocenters. The third-order valence-electron chi connectivity index (χ3n) is 3.71. The van der Waals surface area contributed by atoms with Crippen LogP contribution < -0.4 is 24.8 Å². The number of esters is 1. The second-order valence-corrected chi connectivity index (χ2v) is 5.75. The molecule has 0 aromatic heterocycles. The van der Waals surface area contributed by atoms with Crippen molar-refractivity contribution < 1.29 is 28.5 Å². The Kier molecular flexibility index (Phi) is 8.14. The fraction of sp³-hybridized carbons (Fsp3) is 0.333. The number of hydrogen-bond acceptors (Lipinski definition) is 6. The maximum Gasteiger partial charge on any atom is 0.337 e. The van der Waals surface area contributed by atoms with Crippen LogP contribution in [0.1, 0.15) is 31.1 Å². The van der Waals surface area contributed by atoms with Crippen molar-refractivity contribution in [2.24, 2.45) is 0 Å². The van der Waals surface area contributed by atoms with Gasteiger partial charge in [0.25, 0.3) is 0 Å². The molecule has 0 spiro atoms. The van der Waals surface area contributed by atoms with Crippen molar-refractivity contribution in [2.75, 3.05) is 37.6 Å². The second-order valence-electron chi connectivity index (χ2n) is 5.75. The first kappa shape index (κ1) is 21.9. The van der Waals surface area contributed by atoms with E-state index in [-0.39, 0.29) is 0 Å². The van der Waals surface area contributed by atoms with E-state index in [1.165, 1.54) is 13.2 Å². The maximum atomic E-state index is 12.4. The van der Waals surface area contributed by atoms with E-state index in [9.17, 15) is 9.59 Å². The first-order valence-electron chi connectivity index (χ1n) is 9.35. The number of benzene rings is 2. The quantitative estimate of drug-likeness (QED) is 0.607. The van der Waals surface area contributed by atoms with Gasteiger partial charge in [0.1, 0.15) is 0 Å². The first-order valence-corrected chi connectivity index (χ1v) is 9.35. The summed E-state index contributed by atoms with van der Waals surface area (Å²) in [6.45, 7) is 6.90.